The van der Waals surface area contributed by atoms with Crippen molar-refractivity contribution >= 4 is 28.9 Å². The predicted molar refractivity (Wildman–Crippen MR) is 128 cm³/mol. The zero-order valence-corrected chi connectivity index (χ0v) is 19.3. The van der Waals surface area contributed by atoms with Crippen LogP contribution in [0.1, 0.15) is 18.6 Å². The number of carbonyl (C=O) groups excluding carboxylic acids is 1. The van der Waals surface area contributed by atoms with E-state index in [4.69, 9.17) is 16.3 Å². The Hall–Kier alpha value is -3.52. The molecule has 170 valence electrons. The minimum Gasteiger partial charge on any atom is -0.442 e. The fourth-order valence-electron chi connectivity index (χ4n) is 4.11. The Morgan fingerprint density at radius 3 is 2.42 bits per heavy atom. The molecule has 0 aliphatic carbocycles. The van der Waals surface area contributed by atoms with E-state index in [1.807, 2.05) is 55.4 Å². The maximum Gasteiger partial charge on any atom is 0.410 e. The van der Waals surface area contributed by atoms with Gasteiger partial charge in [-0.15, -0.1) is 0 Å². The van der Waals surface area contributed by atoms with Crippen molar-refractivity contribution in [3.63, 3.8) is 0 Å². The molecule has 0 N–H and O–H groups in total. The number of amides is 1. The largest absolute Gasteiger partial charge is 0.442 e. The molecule has 1 aliphatic heterocycles. The molecule has 1 fully saturated rings. The number of ether oxygens (including phenoxy) is 1. The van der Waals surface area contributed by atoms with E-state index < -0.39 is 0 Å². The van der Waals surface area contributed by atoms with Crippen molar-refractivity contribution in [2.45, 2.75) is 13.0 Å². The van der Waals surface area contributed by atoms with Gasteiger partial charge in [0, 0.05) is 61.8 Å². The number of hydrogen-bond donors (Lipinski definition) is 0. The molecule has 1 saturated heterocycles. The lowest BCUT2D eigenvalue weighted by molar-refractivity contribution is 0.0681. The molecule has 1 aromatic carbocycles. The van der Waals surface area contributed by atoms with E-state index in [0.29, 0.717) is 18.1 Å². The monoisotopic (exact) mass is 464 g/mol. The lowest BCUT2D eigenvalue weighted by atomic mass is 10.1. The summed E-state index contributed by atoms with van der Waals surface area (Å²) in [5, 5.41) is 9.46. The molecule has 1 aliphatic rings. The summed E-state index contributed by atoms with van der Waals surface area (Å²) in [4.78, 5) is 16.7. The number of carbonyl (C=O) groups is 1. The highest BCUT2D eigenvalue weighted by molar-refractivity contribution is 6.30. The van der Waals surface area contributed by atoms with Crippen LogP contribution in [0.25, 0.3) is 16.6 Å². The minimum atomic E-state index is -0.332. The van der Waals surface area contributed by atoms with Crippen molar-refractivity contribution in [3.8, 4) is 11.1 Å². The first-order chi connectivity index (χ1) is 16.0. The van der Waals surface area contributed by atoms with E-state index in [9.17, 15) is 4.79 Å². The Morgan fingerprint density at radius 1 is 0.970 bits per heavy atom. The number of benzene rings is 1. The average molecular weight is 465 g/mol. The maximum atomic E-state index is 12.7. The number of pyridine rings is 1. The Kier molecular flexibility index (Phi) is 5.68. The molecule has 0 saturated carbocycles. The van der Waals surface area contributed by atoms with Gasteiger partial charge >= 0.3 is 6.09 Å². The first-order valence-electron chi connectivity index (χ1n) is 10.9. The van der Waals surface area contributed by atoms with Gasteiger partial charge in [0.05, 0.1) is 23.6 Å². The van der Waals surface area contributed by atoms with Gasteiger partial charge in [-0.1, -0.05) is 29.8 Å². The summed E-state index contributed by atoms with van der Waals surface area (Å²) in [6, 6.07) is 11.5. The molecule has 9 heteroatoms. The number of anilines is 1. The molecule has 4 aromatic rings. The topological polar surface area (TPSA) is 67.9 Å². The quantitative estimate of drug-likeness (QED) is 0.447. The Labute approximate surface area is 196 Å². The summed E-state index contributed by atoms with van der Waals surface area (Å²) in [5.41, 5.74) is 5.14. The van der Waals surface area contributed by atoms with Crippen LogP contribution >= 0.6 is 11.6 Å². The third kappa shape index (κ3) is 4.39. The zero-order chi connectivity index (χ0) is 22.9. The number of hydrogen-bond acceptors (Lipinski definition) is 5. The molecule has 0 unspecified atom stereocenters. The summed E-state index contributed by atoms with van der Waals surface area (Å²) in [7, 11) is 1.90. The number of fused-ring (bicyclic) bond motifs is 1. The number of rotatable bonds is 4. The molecule has 1 amide bonds. The second-order valence-corrected chi connectivity index (χ2v) is 8.67. The molecule has 1 atom stereocenters. The molecule has 33 heavy (non-hydrogen) atoms. The number of nitrogens with zero attached hydrogens (tertiary/aromatic N) is 6. The van der Waals surface area contributed by atoms with Crippen molar-refractivity contribution < 1.29 is 9.53 Å². The lowest BCUT2D eigenvalue weighted by Crippen LogP contribution is -2.49. The highest BCUT2D eigenvalue weighted by Crippen LogP contribution is 2.27. The van der Waals surface area contributed by atoms with Crippen LogP contribution in [-0.2, 0) is 11.8 Å². The van der Waals surface area contributed by atoms with E-state index in [0.717, 1.165) is 41.0 Å². The van der Waals surface area contributed by atoms with Gasteiger partial charge < -0.3 is 14.5 Å². The summed E-state index contributed by atoms with van der Waals surface area (Å²) >= 11 is 5.94. The number of aryl methyl sites for hydroxylation is 1. The normalized spacial score (nSPS) is 15.1. The number of halogens is 1. The van der Waals surface area contributed by atoms with Crippen LogP contribution in [0.5, 0.6) is 0 Å². The van der Waals surface area contributed by atoms with Crippen LogP contribution in [0.3, 0.4) is 0 Å². The Morgan fingerprint density at radius 2 is 1.73 bits per heavy atom. The van der Waals surface area contributed by atoms with Crippen LogP contribution in [0.4, 0.5) is 10.5 Å². The van der Waals surface area contributed by atoms with E-state index >= 15 is 0 Å². The molecule has 8 nitrogen and oxygen atoms in total. The third-order valence-corrected chi connectivity index (χ3v) is 6.28. The van der Waals surface area contributed by atoms with Crippen LogP contribution in [-0.4, -0.2) is 56.6 Å². The van der Waals surface area contributed by atoms with Gasteiger partial charge in [-0.3, -0.25) is 4.68 Å². The third-order valence-electron chi connectivity index (χ3n) is 6.03. The van der Waals surface area contributed by atoms with Gasteiger partial charge in [0.1, 0.15) is 6.10 Å². The van der Waals surface area contributed by atoms with Crippen molar-refractivity contribution in [1.29, 1.82) is 0 Å². The highest BCUT2D eigenvalue weighted by atomic mass is 35.5. The summed E-state index contributed by atoms with van der Waals surface area (Å²) in [5.74, 6) is 0. The molecule has 0 bridgehead atoms. The smallest absolute Gasteiger partial charge is 0.410 e. The molecule has 5 rings (SSSR count). The number of piperazine rings is 1. The summed E-state index contributed by atoms with van der Waals surface area (Å²) in [6.45, 7) is 4.50. The first kappa shape index (κ1) is 21.3. The minimum absolute atomic E-state index is 0.293. The second-order valence-electron chi connectivity index (χ2n) is 8.23. The molecule has 0 radical (unpaired) electrons. The van der Waals surface area contributed by atoms with Crippen molar-refractivity contribution in [1.82, 2.24) is 24.3 Å². The summed E-state index contributed by atoms with van der Waals surface area (Å²) < 4.78 is 9.35. The first-order valence-corrected chi connectivity index (χ1v) is 11.3. The standard InChI is InChI=1S/C24H25ClN6O2/c1-17(18-3-6-21(25)7-4-18)33-24(32)30-11-9-29(10-12-30)23-14-27-31-16-19(5-8-22(23)31)20-13-26-28(2)15-20/h3-8,13-17H,9-12H2,1-2H3/t17-/m0/s1. The summed E-state index contributed by atoms with van der Waals surface area (Å²) in [6.07, 6.45) is 7.11. The average Bonchev–Trinajstić information content (AvgIpc) is 3.45. The van der Waals surface area contributed by atoms with Crippen molar-refractivity contribution in [2.24, 2.45) is 7.05 Å². The second kappa shape index (κ2) is 8.78. The predicted octanol–water partition coefficient (Wildman–Crippen LogP) is 4.41. The van der Waals surface area contributed by atoms with Gasteiger partial charge in [-0.2, -0.15) is 10.2 Å². The molecular formula is C24H25ClN6O2. The van der Waals surface area contributed by atoms with Crippen molar-refractivity contribution in [3.05, 3.63) is 71.8 Å². The van der Waals surface area contributed by atoms with E-state index in [1.165, 1.54) is 0 Å². The molecule has 4 heterocycles. The van der Waals surface area contributed by atoms with E-state index in [1.54, 1.807) is 21.7 Å². The van der Waals surface area contributed by atoms with Gasteiger partial charge in [0.2, 0.25) is 0 Å². The van der Waals surface area contributed by atoms with Crippen LogP contribution in [0, 0.1) is 0 Å². The number of aromatic nitrogens is 4. The SMILES string of the molecule is C[C@H](OC(=O)N1CCN(c2cnn3cc(-c4cnn(C)c4)ccc23)CC1)c1ccc(Cl)cc1. The van der Waals surface area contributed by atoms with E-state index in [2.05, 4.69) is 27.2 Å². The van der Waals surface area contributed by atoms with Crippen molar-refractivity contribution in [2.75, 3.05) is 31.1 Å². The molecule has 3 aromatic heterocycles. The van der Waals surface area contributed by atoms with Gasteiger partial charge in [0.15, 0.2) is 0 Å². The highest BCUT2D eigenvalue weighted by Gasteiger charge is 2.25. The Balaban J connectivity index is 1.22. The van der Waals surface area contributed by atoms with Crippen LogP contribution in [0.2, 0.25) is 5.02 Å². The van der Waals surface area contributed by atoms with Gasteiger partial charge in [-0.25, -0.2) is 9.31 Å². The molecular weight excluding hydrogens is 440 g/mol. The zero-order valence-electron chi connectivity index (χ0n) is 18.6. The lowest BCUT2D eigenvalue weighted by Gasteiger charge is -2.35. The van der Waals surface area contributed by atoms with Crippen LogP contribution < -0.4 is 4.90 Å². The van der Waals surface area contributed by atoms with Crippen LogP contribution in [0.15, 0.2) is 61.2 Å². The van der Waals surface area contributed by atoms with Gasteiger partial charge in [-0.05, 0) is 30.7 Å². The van der Waals surface area contributed by atoms with Gasteiger partial charge in [0.25, 0.3) is 0 Å². The Bertz CT molecular complexity index is 1270. The van der Waals surface area contributed by atoms with E-state index in [-0.39, 0.29) is 12.2 Å². The molecule has 0 spiro atoms. The fraction of sp³-hybridized carbons (Fsp3) is 0.292. The fourth-order valence-corrected chi connectivity index (χ4v) is 4.24. The maximum absolute atomic E-state index is 12.7.